The fourth-order valence-corrected chi connectivity index (χ4v) is 2.29. The van der Waals surface area contributed by atoms with E-state index in [2.05, 4.69) is 31.4 Å². The second kappa shape index (κ2) is 3.40. The number of nitrogens with one attached hydrogen (secondary N) is 2. The zero-order chi connectivity index (χ0) is 11.9. The molecule has 0 aliphatic carbocycles. The summed E-state index contributed by atoms with van der Waals surface area (Å²) in [6.07, 6.45) is 3.46. The number of hydrogen-bond acceptors (Lipinski definition) is 3. The average Bonchev–Trinajstić information content (AvgIpc) is 3.05. The molecule has 4 rings (SSSR count). The topological polar surface area (TPSA) is 70.2 Å². The van der Waals surface area contributed by atoms with Crippen LogP contribution in [-0.4, -0.2) is 25.4 Å². The molecule has 2 N–H and O–H groups in total. The number of nitrogens with zero attached hydrogens (tertiary/aromatic N) is 3. The monoisotopic (exact) mass is 235 g/mol. The summed E-state index contributed by atoms with van der Waals surface area (Å²) in [5, 5.41) is 17.4. The predicted octanol–water partition coefficient (Wildman–Crippen LogP) is 2.50. The summed E-state index contributed by atoms with van der Waals surface area (Å²) in [4.78, 5) is 3.34. The van der Waals surface area contributed by atoms with Gasteiger partial charge in [-0.1, -0.05) is 18.2 Å². The maximum atomic E-state index is 4.23. The SMILES string of the molecule is c1ccc2c(c1)[nH]c1cnnc(-c3ccn[nH]3)c12. The summed E-state index contributed by atoms with van der Waals surface area (Å²) < 4.78 is 0. The van der Waals surface area contributed by atoms with Gasteiger partial charge in [0.25, 0.3) is 0 Å². The fourth-order valence-electron chi connectivity index (χ4n) is 2.29. The molecule has 1 aromatic carbocycles. The number of hydrogen-bond donors (Lipinski definition) is 2. The molecule has 3 aromatic heterocycles. The predicted molar refractivity (Wildman–Crippen MR) is 69.0 cm³/mol. The third-order valence-electron chi connectivity index (χ3n) is 3.07. The van der Waals surface area contributed by atoms with Crippen molar-refractivity contribution in [1.82, 2.24) is 25.4 Å². The average molecular weight is 235 g/mol. The van der Waals surface area contributed by atoms with Crippen LogP contribution in [0.1, 0.15) is 0 Å². The highest BCUT2D eigenvalue weighted by molar-refractivity contribution is 6.12. The Bertz CT molecular complexity index is 829. The first-order valence-electron chi connectivity index (χ1n) is 5.65. The highest BCUT2D eigenvalue weighted by Crippen LogP contribution is 2.30. The first-order chi connectivity index (χ1) is 8.93. The summed E-state index contributed by atoms with van der Waals surface area (Å²) in [5.74, 6) is 0. The first-order valence-corrected chi connectivity index (χ1v) is 5.65. The summed E-state index contributed by atoms with van der Waals surface area (Å²) in [5.41, 5.74) is 3.76. The molecule has 0 radical (unpaired) electrons. The van der Waals surface area contributed by atoms with E-state index in [9.17, 15) is 0 Å². The Morgan fingerprint density at radius 1 is 1.00 bits per heavy atom. The largest absolute Gasteiger partial charge is 0.353 e. The molecule has 86 valence electrons. The minimum absolute atomic E-state index is 0.822. The standard InChI is InChI=1S/C13H9N5/c1-2-4-9-8(3-1)12-11(16-9)7-15-18-13(12)10-5-6-14-17-10/h1-7,16H,(H,14,17). The first kappa shape index (κ1) is 9.35. The zero-order valence-electron chi connectivity index (χ0n) is 9.38. The zero-order valence-corrected chi connectivity index (χ0v) is 9.38. The molecule has 0 aliphatic heterocycles. The van der Waals surface area contributed by atoms with E-state index in [0.29, 0.717) is 0 Å². The van der Waals surface area contributed by atoms with Crippen molar-refractivity contribution in [2.45, 2.75) is 0 Å². The van der Waals surface area contributed by atoms with Crippen LogP contribution >= 0.6 is 0 Å². The van der Waals surface area contributed by atoms with Gasteiger partial charge in [-0.2, -0.15) is 10.2 Å². The lowest BCUT2D eigenvalue weighted by Gasteiger charge is -1.98. The number of benzene rings is 1. The van der Waals surface area contributed by atoms with Crippen molar-refractivity contribution in [2.24, 2.45) is 0 Å². The van der Waals surface area contributed by atoms with E-state index in [1.807, 2.05) is 24.3 Å². The van der Waals surface area contributed by atoms with Crippen molar-refractivity contribution >= 4 is 21.8 Å². The Morgan fingerprint density at radius 3 is 2.83 bits per heavy atom. The van der Waals surface area contributed by atoms with E-state index in [1.54, 1.807) is 12.4 Å². The molecular formula is C13H9N5. The van der Waals surface area contributed by atoms with Crippen molar-refractivity contribution in [2.75, 3.05) is 0 Å². The molecule has 4 aromatic rings. The lowest BCUT2D eigenvalue weighted by molar-refractivity contribution is 1.03. The van der Waals surface area contributed by atoms with Gasteiger partial charge >= 0.3 is 0 Å². The van der Waals surface area contributed by atoms with E-state index in [-0.39, 0.29) is 0 Å². The Hall–Kier alpha value is -2.69. The quantitative estimate of drug-likeness (QED) is 0.532. The number of rotatable bonds is 1. The molecule has 0 aliphatic rings. The van der Waals surface area contributed by atoms with E-state index >= 15 is 0 Å². The van der Waals surface area contributed by atoms with Gasteiger partial charge < -0.3 is 4.98 Å². The van der Waals surface area contributed by atoms with E-state index in [4.69, 9.17) is 0 Å². The second-order valence-electron chi connectivity index (χ2n) is 4.12. The highest BCUT2D eigenvalue weighted by Gasteiger charge is 2.12. The molecule has 0 saturated heterocycles. The smallest absolute Gasteiger partial charge is 0.121 e. The van der Waals surface area contributed by atoms with E-state index in [0.717, 1.165) is 33.2 Å². The molecule has 0 saturated carbocycles. The number of H-pyrrole nitrogens is 2. The molecular weight excluding hydrogens is 226 g/mol. The van der Waals surface area contributed by atoms with Crippen LogP contribution in [0, 0.1) is 0 Å². The van der Waals surface area contributed by atoms with Crippen molar-refractivity contribution in [3.8, 4) is 11.4 Å². The molecule has 18 heavy (non-hydrogen) atoms. The lowest BCUT2D eigenvalue weighted by Crippen LogP contribution is -1.88. The Morgan fingerprint density at radius 2 is 1.94 bits per heavy atom. The van der Waals surface area contributed by atoms with Gasteiger partial charge in [-0.25, -0.2) is 0 Å². The van der Waals surface area contributed by atoms with Crippen molar-refractivity contribution in [3.63, 3.8) is 0 Å². The Labute approximate surface area is 102 Å². The van der Waals surface area contributed by atoms with Crippen molar-refractivity contribution in [1.29, 1.82) is 0 Å². The van der Waals surface area contributed by atoms with Gasteiger partial charge in [-0.15, -0.1) is 5.10 Å². The van der Waals surface area contributed by atoms with E-state index < -0.39 is 0 Å². The number of fused-ring (bicyclic) bond motifs is 3. The van der Waals surface area contributed by atoms with Gasteiger partial charge in [0.1, 0.15) is 5.69 Å². The van der Waals surface area contributed by atoms with Crippen molar-refractivity contribution < 1.29 is 0 Å². The molecule has 0 atom stereocenters. The fraction of sp³-hybridized carbons (Fsp3) is 0. The van der Waals surface area contributed by atoms with Crippen molar-refractivity contribution in [3.05, 3.63) is 42.7 Å². The molecule has 0 bridgehead atoms. The number of aromatic nitrogens is 5. The number of aromatic amines is 2. The van der Waals surface area contributed by atoms with Crippen LogP contribution in [0.4, 0.5) is 0 Å². The normalized spacial score (nSPS) is 11.3. The molecule has 0 amide bonds. The number of para-hydroxylation sites is 1. The molecule has 5 heteroatoms. The van der Waals surface area contributed by atoms with Crippen LogP contribution in [-0.2, 0) is 0 Å². The summed E-state index contributed by atoms with van der Waals surface area (Å²) in [6.45, 7) is 0. The summed E-state index contributed by atoms with van der Waals surface area (Å²) in [6, 6.07) is 10.0. The Kier molecular flexibility index (Phi) is 1.77. The van der Waals surface area contributed by atoms with Crippen LogP contribution in [0.2, 0.25) is 0 Å². The van der Waals surface area contributed by atoms with Gasteiger partial charge in [-0.3, -0.25) is 5.10 Å². The van der Waals surface area contributed by atoms with Gasteiger partial charge in [0.05, 0.1) is 17.4 Å². The second-order valence-corrected chi connectivity index (χ2v) is 4.12. The lowest BCUT2D eigenvalue weighted by atomic mass is 10.1. The van der Waals surface area contributed by atoms with Crippen LogP contribution in [0.5, 0.6) is 0 Å². The molecule has 3 heterocycles. The third kappa shape index (κ3) is 1.18. The maximum absolute atomic E-state index is 4.23. The summed E-state index contributed by atoms with van der Waals surface area (Å²) >= 11 is 0. The highest BCUT2D eigenvalue weighted by atomic mass is 15.1. The van der Waals surface area contributed by atoms with E-state index in [1.165, 1.54) is 0 Å². The summed E-state index contributed by atoms with van der Waals surface area (Å²) in [7, 11) is 0. The van der Waals surface area contributed by atoms with Gasteiger partial charge in [0.15, 0.2) is 0 Å². The minimum Gasteiger partial charge on any atom is -0.353 e. The van der Waals surface area contributed by atoms with Gasteiger partial charge in [0, 0.05) is 22.5 Å². The molecule has 0 unspecified atom stereocenters. The van der Waals surface area contributed by atoms with Gasteiger partial charge in [0.2, 0.25) is 0 Å². The van der Waals surface area contributed by atoms with Crippen LogP contribution < -0.4 is 0 Å². The molecule has 0 fully saturated rings. The minimum atomic E-state index is 0.822. The van der Waals surface area contributed by atoms with Crippen LogP contribution in [0.15, 0.2) is 42.7 Å². The van der Waals surface area contributed by atoms with Crippen LogP contribution in [0.25, 0.3) is 33.2 Å². The third-order valence-corrected chi connectivity index (χ3v) is 3.07. The Balaban J connectivity index is 2.21. The maximum Gasteiger partial charge on any atom is 0.121 e. The molecule has 5 nitrogen and oxygen atoms in total. The van der Waals surface area contributed by atoms with Gasteiger partial charge in [-0.05, 0) is 12.1 Å². The van der Waals surface area contributed by atoms with Crippen LogP contribution in [0.3, 0.4) is 0 Å². The molecule has 0 spiro atoms.